The van der Waals surface area contributed by atoms with Gasteiger partial charge in [-0.2, -0.15) is 0 Å². The number of furan rings is 1. The van der Waals surface area contributed by atoms with Gasteiger partial charge in [0.05, 0.1) is 11.9 Å². The maximum Gasteiger partial charge on any atom is 0.262 e. The highest BCUT2D eigenvalue weighted by Crippen LogP contribution is 2.20. The molecule has 22 heavy (non-hydrogen) atoms. The molecule has 0 unspecified atom stereocenters. The largest absolute Gasteiger partial charge is 0.442 e. The van der Waals surface area contributed by atoms with Gasteiger partial charge < -0.3 is 14.7 Å². The number of H-pyrrole nitrogens is 1. The van der Waals surface area contributed by atoms with Crippen molar-refractivity contribution >= 4 is 17.0 Å². The fourth-order valence-corrected chi connectivity index (χ4v) is 2.40. The minimum absolute atomic E-state index is 0.169. The van der Waals surface area contributed by atoms with E-state index < -0.39 is 0 Å². The summed E-state index contributed by atoms with van der Waals surface area (Å²) >= 11 is 0. The molecule has 0 saturated heterocycles. The summed E-state index contributed by atoms with van der Waals surface area (Å²) in [6.45, 7) is 4.01. The summed E-state index contributed by atoms with van der Waals surface area (Å²) in [5.41, 5.74) is 2.13. The molecule has 0 aliphatic carbocycles. The van der Waals surface area contributed by atoms with Crippen LogP contribution in [0, 0.1) is 13.8 Å². The number of nitrogens with zero attached hydrogens (tertiary/aromatic N) is 1. The average Bonchev–Trinajstić information content (AvgIpc) is 2.83. The maximum absolute atomic E-state index is 12.4. The maximum atomic E-state index is 12.4. The van der Waals surface area contributed by atoms with E-state index in [9.17, 15) is 9.59 Å². The first kappa shape index (κ1) is 14.1. The molecule has 112 valence electrons. The number of carbonyl (C=O) groups is 1. The number of hydrogen-bond donors (Lipinski definition) is 2. The lowest BCUT2D eigenvalue weighted by molar-refractivity contribution is 0.0950. The van der Waals surface area contributed by atoms with Crippen LogP contribution in [-0.4, -0.2) is 15.9 Å². The molecule has 2 heterocycles. The molecule has 1 aromatic carbocycles. The first-order valence-electron chi connectivity index (χ1n) is 6.87. The van der Waals surface area contributed by atoms with E-state index in [1.807, 2.05) is 31.2 Å². The molecular weight excluding hydrogens is 282 g/mol. The van der Waals surface area contributed by atoms with Crippen LogP contribution in [0.2, 0.25) is 0 Å². The number of hydrogen-bond acceptors (Lipinski definition) is 4. The summed E-state index contributed by atoms with van der Waals surface area (Å²) in [6, 6.07) is 7.79. The van der Waals surface area contributed by atoms with Gasteiger partial charge >= 0.3 is 0 Å². The summed E-state index contributed by atoms with van der Waals surface area (Å²) in [7, 11) is 0. The van der Waals surface area contributed by atoms with E-state index in [4.69, 9.17) is 4.42 Å². The van der Waals surface area contributed by atoms with Gasteiger partial charge in [-0.15, -0.1) is 0 Å². The fraction of sp³-hybridized carbons (Fsp3) is 0.188. The highest BCUT2D eigenvalue weighted by Gasteiger charge is 2.21. The Hall–Kier alpha value is -2.89. The predicted molar refractivity (Wildman–Crippen MR) is 81.7 cm³/mol. The molecule has 3 rings (SSSR count). The molecular formula is C16H15N3O3. The van der Waals surface area contributed by atoms with E-state index in [-0.39, 0.29) is 28.1 Å². The topological polar surface area (TPSA) is 88.0 Å². The van der Waals surface area contributed by atoms with Crippen LogP contribution in [0.4, 0.5) is 0 Å². The molecule has 0 aliphatic heterocycles. The molecule has 0 aliphatic rings. The van der Waals surface area contributed by atoms with Crippen molar-refractivity contribution in [3.05, 3.63) is 63.4 Å². The lowest BCUT2D eigenvalue weighted by atomic mass is 10.1. The molecule has 0 bridgehead atoms. The van der Waals surface area contributed by atoms with E-state index in [1.165, 1.54) is 6.33 Å². The number of carbonyl (C=O) groups excluding carboxylic acids is 1. The lowest BCUT2D eigenvalue weighted by Crippen LogP contribution is -2.25. The van der Waals surface area contributed by atoms with Gasteiger partial charge in [0.1, 0.15) is 11.1 Å². The summed E-state index contributed by atoms with van der Waals surface area (Å²) < 4.78 is 5.38. The Balaban J connectivity index is 1.92. The van der Waals surface area contributed by atoms with Crippen molar-refractivity contribution in [1.82, 2.24) is 15.3 Å². The SMILES string of the molecule is Cc1ccccc1CNC(=O)c1c(C)oc2nc[nH]c(=O)c12. The second kappa shape index (κ2) is 5.48. The Morgan fingerprint density at radius 2 is 2.09 bits per heavy atom. The Bertz CT molecular complexity index is 908. The van der Waals surface area contributed by atoms with E-state index in [2.05, 4.69) is 15.3 Å². The van der Waals surface area contributed by atoms with Crippen LogP contribution in [0.15, 0.2) is 39.8 Å². The van der Waals surface area contributed by atoms with Crippen LogP contribution in [0.5, 0.6) is 0 Å². The predicted octanol–water partition coefficient (Wildman–Crippen LogP) is 2.06. The zero-order valence-electron chi connectivity index (χ0n) is 12.3. The second-order valence-electron chi connectivity index (χ2n) is 5.05. The van der Waals surface area contributed by atoms with Crippen molar-refractivity contribution in [3.8, 4) is 0 Å². The first-order chi connectivity index (χ1) is 10.6. The molecule has 1 amide bonds. The average molecular weight is 297 g/mol. The van der Waals surface area contributed by atoms with E-state index in [0.717, 1.165) is 11.1 Å². The van der Waals surface area contributed by atoms with E-state index in [0.29, 0.717) is 12.3 Å². The standard InChI is InChI=1S/C16H15N3O3/c1-9-5-3-4-6-11(9)7-17-14(20)12-10(2)22-16-13(12)15(21)18-8-19-16/h3-6,8H,7H2,1-2H3,(H,17,20)(H,18,19,21). The summed E-state index contributed by atoms with van der Waals surface area (Å²) in [6.07, 6.45) is 1.25. The van der Waals surface area contributed by atoms with Crippen LogP contribution >= 0.6 is 0 Å². The smallest absolute Gasteiger partial charge is 0.262 e. The van der Waals surface area contributed by atoms with E-state index in [1.54, 1.807) is 6.92 Å². The van der Waals surface area contributed by atoms with Gasteiger partial charge in [0, 0.05) is 6.54 Å². The van der Waals surface area contributed by atoms with Gasteiger partial charge in [-0.25, -0.2) is 4.98 Å². The molecule has 0 fully saturated rings. The Morgan fingerprint density at radius 3 is 2.86 bits per heavy atom. The van der Waals surface area contributed by atoms with Gasteiger partial charge in [0.2, 0.25) is 5.71 Å². The molecule has 6 nitrogen and oxygen atoms in total. The zero-order valence-corrected chi connectivity index (χ0v) is 12.3. The lowest BCUT2D eigenvalue weighted by Gasteiger charge is -2.07. The minimum Gasteiger partial charge on any atom is -0.442 e. The minimum atomic E-state index is -0.386. The third-order valence-corrected chi connectivity index (χ3v) is 3.60. The van der Waals surface area contributed by atoms with Crippen LogP contribution in [0.25, 0.3) is 11.1 Å². The number of amides is 1. The molecule has 0 radical (unpaired) electrons. The molecule has 0 atom stereocenters. The van der Waals surface area contributed by atoms with Gasteiger partial charge in [-0.1, -0.05) is 24.3 Å². The molecule has 2 N–H and O–H groups in total. The molecule has 3 aromatic rings. The van der Waals surface area contributed by atoms with Crippen molar-refractivity contribution in [1.29, 1.82) is 0 Å². The molecule has 0 spiro atoms. The normalized spacial score (nSPS) is 10.8. The number of fused-ring (bicyclic) bond motifs is 1. The van der Waals surface area contributed by atoms with E-state index >= 15 is 0 Å². The van der Waals surface area contributed by atoms with Gasteiger partial charge in [-0.3, -0.25) is 9.59 Å². The van der Waals surface area contributed by atoms with Crippen molar-refractivity contribution in [2.75, 3.05) is 0 Å². The van der Waals surface area contributed by atoms with Gasteiger partial charge in [0.15, 0.2) is 0 Å². The molecule has 6 heteroatoms. The third kappa shape index (κ3) is 2.39. The van der Waals surface area contributed by atoms with Gasteiger partial charge in [0.25, 0.3) is 11.5 Å². The Labute approximate surface area is 126 Å². The molecule has 2 aromatic heterocycles. The number of aromatic amines is 1. The number of benzene rings is 1. The van der Waals surface area contributed by atoms with Crippen LogP contribution in [-0.2, 0) is 6.54 Å². The van der Waals surface area contributed by atoms with Crippen molar-refractivity contribution in [2.45, 2.75) is 20.4 Å². The van der Waals surface area contributed by atoms with Gasteiger partial charge in [-0.05, 0) is 25.0 Å². The first-order valence-corrected chi connectivity index (χ1v) is 6.87. The van der Waals surface area contributed by atoms with Crippen LogP contribution in [0.1, 0.15) is 27.2 Å². The molecule has 0 saturated carbocycles. The van der Waals surface area contributed by atoms with Crippen LogP contribution in [0.3, 0.4) is 0 Å². The Kier molecular flexibility index (Phi) is 3.50. The summed E-state index contributed by atoms with van der Waals surface area (Å²) in [4.78, 5) is 30.7. The second-order valence-corrected chi connectivity index (χ2v) is 5.05. The number of aryl methyl sites for hydroxylation is 2. The third-order valence-electron chi connectivity index (χ3n) is 3.60. The van der Waals surface area contributed by atoms with Crippen molar-refractivity contribution in [3.63, 3.8) is 0 Å². The summed E-state index contributed by atoms with van der Waals surface area (Å²) in [5.74, 6) is 0.0273. The van der Waals surface area contributed by atoms with Crippen molar-refractivity contribution < 1.29 is 9.21 Å². The number of aromatic nitrogens is 2. The quantitative estimate of drug-likeness (QED) is 0.774. The highest BCUT2D eigenvalue weighted by molar-refractivity contribution is 6.06. The van der Waals surface area contributed by atoms with Crippen molar-refractivity contribution in [2.24, 2.45) is 0 Å². The Morgan fingerprint density at radius 1 is 1.32 bits per heavy atom. The zero-order chi connectivity index (χ0) is 15.7. The number of rotatable bonds is 3. The monoisotopic (exact) mass is 297 g/mol. The number of nitrogens with one attached hydrogen (secondary N) is 2. The summed E-state index contributed by atoms with van der Waals surface area (Å²) in [5, 5.41) is 3.01. The highest BCUT2D eigenvalue weighted by atomic mass is 16.3. The van der Waals surface area contributed by atoms with Crippen LogP contribution < -0.4 is 10.9 Å². The fourth-order valence-electron chi connectivity index (χ4n) is 2.40.